The van der Waals surface area contributed by atoms with Gasteiger partial charge >= 0.3 is 5.97 Å². The Morgan fingerprint density at radius 3 is 2.83 bits per heavy atom. The molecule has 4 rings (SSSR count). The van der Waals surface area contributed by atoms with Gasteiger partial charge < -0.3 is 14.6 Å². The summed E-state index contributed by atoms with van der Waals surface area (Å²) in [6, 6.07) is 6.75. The topological polar surface area (TPSA) is 89.0 Å². The van der Waals surface area contributed by atoms with E-state index in [1.165, 1.54) is 6.07 Å². The van der Waals surface area contributed by atoms with Crippen LogP contribution in [-0.4, -0.2) is 46.4 Å². The standard InChI is InChI=1S/C23H24N2O5/c1-2-29-23(28)16-7-10-25(11-8-16)14-18-19(26)6-5-17-21(27)20(30-22(17)18)12-15-4-3-9-24-13-15/h3-6,9,12-13,16,26H,2,7-8,10-11,14H2,1H3/b20-12+. The second-order valence-electron chi connectivity index (χ2n) is 7.47. The van der Waals surface area contributed by atoms with Gasteiger partial charge in [-0.05, 0) is 62.7 Å². The molecule has 0 spiro atoms. The number of Topliss-reactive ketones (excluding diaryl/α,β-unsaturated/α-hetero) is 1. The summed E-state index contributed by atoms with van der Waals surface area (Å²) < 4.78 is 11.0. The second-order valence-corrected chi connectivity index (χ2v) is 7.47. The molecular formula is C23H24N2O5. The molecule has 30 heavy (non-hydrogen) atoms. The average Bonchev–Trinajstić information content (AvgIpc) is 3.07. The second kappa shape index (κ2) is 8.67. The fourth-order valence-electron chi connectivity index (χ4n) is 3.87. The minimum atomic E-state index is -0.212. The molecule has 0 amide bonds. The predicted octanol–water partition coefficient (Wildman–Crippen LogP) is 3.18. The van der Waals surface area contributed by atoms with Crippen LogP contribution in [0, 0.1) is 5.92 Å². The van der Waals surface area contributed by atoms with Crippen molar-refractivity contribution in [3.8, 4) is 11.5 Å². The van der Waals surface area contributed by atoms with Crippen LogP contribution in [0.25, 0.3) is 6.08 Å². The van der Waals surface area contributed by atoms with Gasteiger partial charge in [0.05, 0.1) is 23.7 Å². The van der Waals surface area contributed by atoms with Crippen molar-refractivity contribution in [2.75, 3.05) is 19.7 Å². The first-order valence-electron chi connectivity index (χ1n) is 10.1. The van der Waals surface area contributed by atoms with E-state index in [9.17, 15) is 14.7 Å². The smallest absolute Gasteiger partial charge is 0.309 e. The van der Waals surface area contributed by atoms with E-state index in [-0.39, 0.29) is 29.2 Å². The number of fused-ring (bicyclic) bond motifs is 1. The van der Waals surface area contributed by atoms with Gasteiger partial charge in [0.25, 0.3) is 0 Å². The Kier molecular flexibility index (Phi) is 5.81. The summed E-state index contributed by atoms with van der Waals surface area (Å²) in [5, 5.41) is 10.5. The summed E-state index contributed by atoms with van der Waals surface area (Å²) in [6.07, 6.45) is 6.39. The highest BCUT2D eigenvalue weighted by Crippen LogP contribution is 2.40. The van der Waals surface area contributed by atoms with Crippen LogP contribution < -0.4 is 4.74 Å². The molecule has 0 saturated carbocycles. The summed E-state index contributed by atoms with van der Waals surface area (Å²) in [4.78, 5) is 30.9. The number of carbonyl (C=O) groups excluding carboxylic acids is 2. The highest BCUT2D eigenvalue weighted by atomic mass is 16.5. The molecule has 1 aromatic heterocycles. The lowest BCUT2D eigenvalue weighted by molar-refractivity contribution is -0.149. The zero-order valence-electron chi connectivity index (χ0n) is 16.8. The van der Waals surface area contributed by atoms with Crippen molar-refractivity contribution in [3.63, 3.8) is 0 Å². The van der Waals surface area contributed by atoms with Gasteiger partial charge in [0.15, 0.2) is 5.76 Å². The van der Waals surface area contributed by atoms with E-state index in [4.69, 9.17) is 9.47 Å². The van der Waals surface area contributed by atoms with Crippen LogP contribution in [0.3, 0.4) is 0 Å². The number of pyridine rings is 1. The molecule has 7 heteroatoms. The van der Waals surface area contributed by atoms with Crippen LogP contribution in [0.2, 0.25) is 0 Å². The summed E-state index contributed by atoms with van der Waals surface area (Å²) in [5.41, 5.74) is 1.80. The molecule has 1 aromatic carbocycles. The van der Waals surface area contributed by atoms with Gasteiger partial charge in [0.1, 0.15) is 11.5 Å². The maximum absolute atomic E-state index is 12.8. The van der Waals surface area contributed by atoms with Gasteiger partial charge in [-0.15, -0.1) is 0 Å². The van der Waals surface area contributed by atoms with Crippen molar-refractivity contribution in [1.29, 1.82) is 0 Å². The van der Waals surface area contributed by atoms with Gasteiger partial charge in [-0.2, -0.15) is 0 Å². The van der Waals surface area contributed by atoms with Crippen LogP contribution in [0.4, 0.5) is 0 Å². The Morgan fingerprint density at radius 1 is 1.33 bits per heavy atom. The van der Waals surface area contributed by atoms with Crippen molar-refractivity contribution < 1.29 is 24.2 Å². The number of rotatable bonds is 5. The predicted molar refractivity (Wildman–Crippen MR) is 110 cm³/mol. The maximum atomic E-state index is 12.8. The normalized spacial score (nSPS) is 18.3. The van der Waals surface area contributed by atoms with Crippen molar-refractivity contribution in [2.24, 2.45) is 5.92 Å². The Labute approximate surface area is 174 Å². The van der Waals surface area contributed by atoms with Crippen LogP contribution in [0.15, 0.2) is 42.4 Å². The number of benzene rings is 1. The van der Waals surface area contributed by atoms with E-state index in [2.05, 4.69) is 9.88 Å². The molecule has 0 bridgehead atoms. The minimum absolute atomic E-state index is 0.0804. The summed E-state index contributed by atoms with van der Waals surface area (Å²) >= 11 is 0. The molecule has 0 unspecified atom stereocenters. The molecule has 1 saturated heterocycles. The number of ether oxygens (including phenoxy) is 2. The molecular weight excluding hydrogens is 384 g/mol. The van der Waals surface area contributed by atoms with Crippen LogP contribution in [0.5, 0.6) is 11.5 Å². The van der Waals surface area contributed by atoms with E-state index in [0.717, 1.165) is 5.56 Å². The minimum Gasteiger partial charge on any atom is -0.507 e. The van der Waals surface area contributed by atoms with Crippen LogP contribution in [0.1, 0.15) is 41.3 Å². The summed E-state index contributed by atoms with van der Waals surface area (Å²) in [6.45, 7) is 4.06. The summed E-state index contributed by atoms with van der Waals surface area (Å²) in [5.74, 6) is 0.282. The first-order valence-corrected chi connectivity index (χ1v) is 10.1. The number of likely N-dealkylation sites (tertiary alicyclic amines) is 1. The van der Waals surface area contributed by atoms with Gasteiger partial charge in [-0.1, -0.05) is 6.07 Å². The number of piperidine rings is 1. The quantitative estimate of drug-likeness (QED) is 0.600. The number of carbonyl (C=O) groups is 2. The molecule has 3 heterocycles. The number of allylic oxidation sites excluding steroid dienone is 1. The summed E-state index contributed by atoms with van der Waals surface area (Å²) in [7, 11) is 0. The Morgan fingerprint density at radius 2 is 2.13 bits per heavy atom. The molecule has 0 atom stereocenters. The Balaban J connectivity index is 1.50. The maximum Gasteiger partial charge on any atom is 0.309 e. The van der Waals surface area contributed by atoms with Gasteiger partial charge in [0.2, 0.25) is 5.78 Å². The molecule has 156 valence electrons. The van der Waals surface area contributed by atoms with Gasteiger partial charge in [0, 0.05) is 18.9 Å². The number of hydrogen-bond acceptors (Lipinski definition) is 7. The van der Waals surface area contributed by atoms with E-state index < -0.39 is 0 Å². The molecule has 1 fully saturated rings. The van der Waals surface area contributed by atoms with Crippen molar-refractivity contribution >= 4 is 17.8 Å². The number of ketones is 1. The van der Waals surface area contributed by atoms with Gasteiger partial charge in [-0.25, -0.2) is 0 Å². The van der Waals surface area contributed by atoms with Gasteiger partial charge in [-0.3, -0.25) is 19.5 Å². The monoisotopic (exact) mass is 408 g/mol. The van der Waals surface area contributed by atoms with Crippen molar-refractivity contribution in [1.82, 2.24) is 9.88 Å². The molecule has 2 aliphatic heterocycles. The molecule has 2 aliphatic rings. The zero-order chi connectivity index (χ0) is 21.1. The number of phenolic OH excluding ortho intramolecular Hbond substituents is 1. The number of hydrogen-bond donors (Lipinski definition) is 1. The molecule has 2 aromatic rings. The SMILES string of the molecule is CCOC(=O)C1CCN(Cc2c(O)ccc3c2O/C(=C/c2cccnc2)C3=O)CC1. The fourth-order valence-corrected chi connectivity index (χ4v) is 3.87. The van der Waals surface area contributed by atoms with Crippen molar-refractivity contribution in [2.45, 2.75) is 26.3 Å². The Hall–Kier alpha value is -3.19. The lowest BCUT2D eigenvalue weighted by atomic mass is 9.96. The molecule has 7 nitrogen and oxygen atoms in total. The largest absolute Gasteiger partial charge is 0.507 e. The zero-order valence-corrected chi connectivity index (χ0v) is 16.8. The number of phenols is 1. The van der Waals surface area contributed by atoms with E-state index >= 15 is 0 Å². The molecule has 1 N–H and O–H groups in total. The average molecular weight is 408 g/mol. The molecule has 0 aliphatic carbocycles. The molecule has 0 radical (unpaired) electrons. The van der Waals surface area contributed by atoms with Crippen LogP contribution >= 0.6 is 0 Å². The number of esters is 1. The van der Waals surface area contributed by atoms with E-state index in [1.807, 2.05) is 13.0 Å². The highest BCUT2D eigenvalue weighted by Gasteiger charge is 2.33. The number of aromatic nitrogens is 1. The number of aromatic hydroxyl groups is 1. The first kappa shape index (κ1) is 20.1. The van der Waals surface area contributed by atoms with Crippen molar-refractivity contribution in [3.05, 3.63) is 59.1 Å². The lowest BCUT2D eigenvalue weighted by Crippen LogP contribution is -2.36. The highest BCUT2D eigenvalue weighted by molar-refractivity contribution is 6.14. The third kappa shape index (κ3) is 4.07. The van der Waals surface area contributed by atoms with E-state index in [0.29, 0.717) is 56.0 Å². The van der Waals surface area contributed by atoms with E-state index in [1.54, 1.807) is 30.6 Å². The third-order valence-corrected chi connectivity index (χ3v) is 5.49. The number of nitrogens with zero attached hydrogens (tertiary/aromatic N) is 2. The lowest BCUT2D eigenvalue weighted by Gasteiger charge is -2.31. The fraction of sp³-hybridized carbons (Fsp3) is 0.348. The van der Waals surface area contributed by atoms with Crippen LogP contribution in [-0.2, 0) is 16.1 Å². The Bertz CT molecular complexity index is 979. The third-order valence-electron chi connectivity index (χ3n) is 5.49. The first-order chi connectivity index (χ1) is 14.6.